The summed E-state index contributed by atoms with van der Waals surface area (Å²) in [5.41, 5.74) is 0.730. The first kappa shape index (κ1) is 8.16. The lowest BCUT2D eigenvalue weighted by atomic mass is 10.2. The van der Waals surface area contributed by atoms with Crippen molar-refractivity contribution in [2.45, 2.75) is 6.16 Å². The van der Waals surface area contributed by atoms with E-state index < -0.39 is 0 Å². The number of hydrogen-bond donors (Lipinski definition) is 0. The third-order valence-electron chi connectivity index (χ3n) is 1.24. The Balaban J connectivity index is 3.07. The van der Waals surface area contributed by atoms with E-state index in [9.17, 15) is 4.39 Å². The molecule has 0 heterocycles. The normalized spacial score (nSPS) is 9.90. The molecule has 1 aromatic carbocycles. The van der Waals surface area contributed by atoms with E-state index in [2.05, 4.69) is 25.2 Å². The molecule has 0 saturated heterocycles. The van der Waals surface area contributed by atoms with E-state index in [-0.39, 0.29) is 5.82 Å². The second-order valence-electron chi connectivity index (χ2n) is 1.94. The lowest BCUT2D eigenvalue weighted by molar-refractivity contribution is 0.616. The van der Waals surface area contributed by atoms with Gasteiger partial charge in [0.05, 0.1) is 0 Å². The molecule has 0 spiro atoms. The predicted octanol–water partition coefficient (Wildman–Crippen LogP) is 2.96. The lowest BCUT2D eigenvalue weighted by Crippen LogP contribution is -1.83. The van der Waals surface area contributed by atoms with Gasteiger partial charge in [-0.15, -0.1) is 9.24 Å². The number of halogens is 2. The van der Waals surface area contributed by atoms with Crippen molar-refractivity contribution < 1.29 is 4.39 Å². The molecule has 0 amide bonds. The molecule has 0 aliphatic heterocycles. The molecule has 0 bridgehead atoms. The third-order valence-corrected chi connectivity index (χ3v) is 2.17. The zero-order valence-electron chi connectivity index (χ0n) is 5.27. The summed E-state index contributed by atoms with van der Waals surface area (Å²) in [5, 5.41) is 0. The molecular weight excluding hydrogens is 214 g/mol. The van der Waals surface area contributed by atoms with Gasteiger partial charge in [-0.05, 0) is 23.9 Å². The molecule has 0 nitrogen and oxygen atoms in total. The lowest BCUT2D eigenvalue weighted by Gasteiger charge is -1.97. The van der Waals surface area contributed by atoms with Gasteiger partial charge in [-0.25, -0.2) is 4.39 Å². The van der Waals surface area contributed by atoms with Gasteiger partial charge in [0.1, 0.15) is 5.82 Å². The highest BCUT2D eigenvalue weighted by molar-refractivity contribution is 9.10. The van der Waals surface area contributed by atoms with Gasteiger partial charge >= 0.3 is 0 Å². The van der Waals surface area contributed by atoms with Crippen molar-refractivity contribution in [3.05, 3.63) is 34.1 Å². The van der Waals surface area contributed by atoms with E-state index in [1.165, 1.54) is 6.07 Å². The maximum Gasteiger partial charge on any atom is 0.127 e. The fourth-order valence-electron chi connectivity index (χ4n) is 0.687. The molecule has 3 heteroatoms. The molecule has 54 valence electrons. The summed E-state index contributed by atoms with van der Waals surface area (Å²) in [6, 6.07) is 5.08. The zero-order valence-corrected chi connectivity index (χ0v) is 8.01. The average molecular weight is 221 g/mol. The molecular formula is C7H7BrFP. The summed E-state index contributed by atoms with van der Waals surface area (Å²) in [6.07, 6.45) is 0.666. The van der Waals surface area contributed by atoms with Gasteiger partial charge in [0.2, 0.25) is 0 Å². The van der Waals surface area contributed by atoms with E-state index in [1.54, 1.807) is 6.07 Å². The van der Waals surface area contributed by atoms with Crippen molar-refractivity contribution in [1.82, 2.24) is 0 Å². The zero-order chi connectivity index (χ0) is 7.56. The Morgan fingerprint density at radius 1 is 1.50 bits per heavy atom. The molecule has 1 unspecified atom stereocenters. The molecule has 0 aliphatic carbocycles. The molecule has 0 fully saturated rings. The number of benzene rings is 1. The van der Waals surface area contributed by atoms with Crippen LogP contribution in [0.4, 0.5) is 4.39 Å². The monoisotopic (exact) mass is 220 g/mol. The van der Waals surface area contributed by atoms with Crippen LogP contribution in [0.2, 0.25) is 0 Å². The van der Waals surface area contributed by atoms with E-state index in [1.807, 2.05) is 6.07 Å². The maximum absolute atomic E-state index is 12.8. The summed E-state index contributed by atoms with van der Waals surface area (Å²) in [5.74, 6) is -0.149. The quantitative estimate of drug-likeness (QED) is 0.639. The molecule has 10 heavy (non-hydrogen) atoms. The summed E-state index contributed by atoms with van der Waals surface area (Å²) in [6.45, 7) is 0. The highest BCUT2D eigenvalue weighted by atomic mass is 79.9. The minimum Gasteiger partial charge on any atom is -0.207 e. The van der Waals surface area contributed by atoms with Crippen LogP contribution in [0.15, 0.2) is 22.7 Å². The van der Waals surface area contributed by atoms with E-state index in [0.717, 1.165) is 10.0 Å². The van der Waals surface area contributed by atoms with Crippen molar-refractivity contribution in [3.8, 4) is 0 Å². The summed E-state index contributed by atoms with van der Waals surface area (Å²) in [7, 11) is 2.49. The van der Waals surface area contributed by atoms with Crippen LogP contribution in [0, 0.1) is 5.82 Å². The Kier molecular flexibility index (Phi) is 2.82. The van der Waals surface area contributed by atoms with Crippen LogP contribution in [0.3, 0.4) is 0 Å². The molecule has 0 aliphatic rings. The fourth-order valence-corrected chi connectivity index (χ4v) is 1.35. The highest BCUT2D eigenvalue weighted by Gasteiger charge is 1.98. The maximum atomic E-state index is 12.8. The summed E-state index contributed by atoms with van der Waals surface area (Å²) < 4.78 is 13.6. The van der Waals surface area contributed by atoms with Gasteiger partial charge in [-0.2, -0.15) is 0 Å². The number of rotatable bonds is 1. The fraction of sp³-hybridized carbons (Fsp3) is 0.143. The van der Waals surface area contributed by atoms with Crippen molar-refractivity contribution in [2.75, 3.05) is 0 Å². The Hall–Kier alpha value is 0.0600. The minimum absolute atomic E-state index is 0.149. The molecule has 0 aromatic heterocycles. The van der Waals surface area contributed by atoms with Crippen LogP contribution in [-0.2, 0) is 6.16 Å². The smallest absolute Gasteiger partial charge is 0.127 e. The van der Waals surface area contributed by atoms with Gasteiger partial charge < -0.3 is 0 Å². The predicted molar refractivity (Wildman–Crippen MR) is 47.5 cm³/mol. The SMILES string of the molecule is Fc1cc(Br)ccc1CP. The first-order valence-electron chi connectivity index (χ1n) is 2.88. The number of hydrogen-bond acceptors (Lipinski definition) is 0. The Morgan fingerprint density at radius 2 is 2.20 bits per heavy atom. The third kappa shape index (κ3) is 1.77. The van der Waals surface area contributed by atoms with E-state index >= 15 is 0 Å². The van der Waals surface area contributed by atoms with Crippen LogP contribution in [0.5, 0.6) is 0 Å². The summed E-state index contributed by atoms with van der Waals surface area (Å²) in [4.78, 5) is 0. The van der Waals surface area contributed by atoms with Gasteiger partial charge in [0.25, 0.3) is 0 Å². The molecule has 1 atom stereocenters. The van der Waals surface area contributed by atoms with Crippen LogP contribution in [0.25, 0.3) is 0 Å². The average Bonchev–Trinajstić information content (AvgIpc) is 1.88. The van der Waals surface area contributed by atoms with Gasteiger partial charge in [0, 0.05) is 4.47 Å². The molecule has 0 radical (unpaired) electrons. The van der Waals surface area contributed by atoms with Crippen molar-refractivity contribution in [3.63, 3.8) is 0 Å². The Labute approximate surface area is 70.2 Å². The Bertz CT molecular complexity index is 237. The largest absolute Gasteiger partial charge is 0.207 e. The van der Waals surface area contributed by atoms with Crippen LogP contribution >= 0.6 is 25.2 Å². The standard InChI is InChI=1S/C7H7BrFP/c8-6-2-1-5(4-10)7(9)3-6/h1-3H,4,10H2. The Morgan fingerprint density at radius 3 is 2.70 bits per heavy atom. The van der Waals surface area contributed by atoms with Gasteiger partial charge in [-0.3, -0.25) is 0 Å². The highest BCUT2D eigenvalue weighted by Crippen LogP contribution is 2.16. The molecule has 0 N–H and O–H groups in total. The second kappa shape index (κ2) is 3.45. The van der Waals surface area contributed by atoms with Crippen molar-refractivity contribution in [1.29, 1.82) is 0 Å². The van der Waals surface area contributed by atoms with Crippen LogP contribution in [0.1, 0.15) is 5.56 Å². The van der Waals surface area contributed by atoms with Crippen molar-refractivity contribution >= 4 is 25.2 Å². The topological polar surface area (TPSA) is 0 Å². The van der Waals surface area contributed by atoms with Crippen molar-refractivity contribution in [2.24, 2.45) is 0 Å². The first-order valence-corrected chi connectivity index (χ1v) is 4.49. The van der Waals surface area contributed by atoms with Gasteiger partial charge in [0.15, 0.2) is 0 Å². The molecule has 0 saturated carbocycles. The first-order chi connectivity index (χ1) is 4.74. The van der Waals surface area contributed by atoms with E-state index in [4.69, 9.17) is 0 Å². The van der Waals surface area contributed by atoms with Crippen LogP contribution in [-0.4, -0.2) is 0 Å². The van der Waals surface area contributed by atoms with E-state index in [0.29, 0.717) is 6.16 Å². The second-order valence-corrected chi connectivity index (χ2v) is 3.26. The molecule has 1 rings (SSSR count). The van der Waals surface area contributed by atoms with Gasteiger partial charge in [-0.1, -0.05) is 22.0 Å². The molecule has 1 aromatic rings. The van der Waals surface area contributed by atoms with Crippen LogP contribution < -0.4 is 0 Å². The minimum atomic E-state index is -0.149. The summed E-state index contributed by atoms with van der Waals surface area (Å²) >= 11 is 3.18.